The highest BCUT2D eigenvalue weighted by Gasteiger charge is 2.19. The number of rotatable bonds is 43. The van der Waals surface area contributed by atoms with Crippen LogP contribution in [0.25, 0.3) is 0 Å². The maximum Gasteiger partial charge on any atom is 0.306 e. The minimum absolute atomic E-state index is 0.115. The van der Waals surface area contributed by atoms with Crippen LogP contribution in [-0.2, 0) is 28.6 Å². The molecule has 0 spiro atoms. The van der Waals surface area contributed by atoms with E-state index in [0.29, 0.717) is 19.3 Å². The van der Waals surface area contributed by atoms with Crippen LogP contribution in [0, 0.1) is 0 Å². The van der Waals surface area contributed by atoms with E-state index in [1.807, 2.05) is 18.2 Å². The zero-order valence-electron chi connectivity index (χ0n) is 39.8. The van der Waals surface area contributed by atoms with Crippen LogP contribution >= 0.6 is 0 Å². The molecule has 62 heavy (non-hydrogen) atoms. The Balaban J connectivity index is 4.54. The summed E-state index contributed by atoms with van der Waals surface area (Å²) >= 11 is 0. The lowest BCUT2D eigenvalue weighted by Crippen LogP contribution is -2.30. The first kappa shape index (κ1) is 58.1. The molecule has 0 aliphatic heterocycles. The van der Waals surface area contributed by atoms with Crippen molar-refractivity contribution >= 4 is 17.9 Å². The van der Waals surface area contributed by atoms with Gasteiger partial charge < -0.3 is 14.2 Å². The summed E-state index contributed by atoms with van der Waals surface area (Å²) in [5.74, 6) is -1.03. The molecule has 0 bridgehead atoms. The summed E-state index contributed by atoms with van der Waals surface area (Å²) in [5, 5.41) is 0. The van der Waals surface area contributed by atoms with Crippen LogP contribution in [0.15, 0.2) is 109 Å². The molecule has 350 valence electrons. The van der Waals surface area contributed by atoms with Gasteiger partial charge in [0.15, 0.2) is 6.10 Å². The average molecular weight is 859 g/mol. The van der Waals surface area contributed by atoms with Crippen molar-refractivity contribution in [1.29, 1.82) is 0 Å². The van der Waals surface area contributed by atoms with E-state index in [1.165, 1.54) is 64.2 Å². The molecule has 1 atom stereocenters. The van der Waals surface area contributed by atoms with E-state index in [9.17, 15) is 14.4 Å². The largest absolute Gasteiger partial charge is 0.462 e. The second-order valence-electron chi connectivity index (χ2n) is 16.0. The van der Waals surface area contributed by atoms with E-state index in [2.05, 4.69) is 112 Å². The Hall–Kier alpha value is -3.93. The highest BCUT2D eigenvalue weighted by Crippen LogP contribution is 2.13. The van der Waals surface area contributed by atoms with Gasteiger partial charge in [-0.2, -0.15) is 0 Å². The maximum absolute atomic E-state index is 12.8. The molecule has 6 nitrogen and oxygen atoms in total. The Morgan fingerprint density at radius 1 is 0.355 bits per heavy atom. The number of hydrogen-bond acceptors (Lipinski definition) is 6. The Labute approximate surface area is 380 Å². The number of carbonyl (C=O) groups is 3. The fraction of sp³-hybridized carbons (Fsp3) is 0.625. The average Bonchev–Trinajstić information content (AvgIpc) is 3.27. The van der Waals surface area contributed by atoms with Crippen LogP contribution < -0.4 is 0 Å². The van der Waals surface area contributed by atoms with Gasteiger partial charge in [0.05, 0.1) is 0 Å². The highest BCUT2D eigenvalue weighted by atomic mass is 16.6. The Morgan fingerprint density at radius 2 is 0.742 bits per heavy atom. The van der Waals surface area contributed by atoms with E-state index < -0.39 is 6.10 Å². The molecule has 6 heteroatoms. The second-order valence-corrected chi connectivity index (χ2v) is 16.0. The number of unbranched alkanes of at least 4 members (excludes halogenated alkanes) is 16. The summed E-state index contributed by atoms with van der Waals surface area (Å²) in [4.78, 5) is 37.9. The molecule has 0 rings (SSSR count). The van der Waals surface area contributed by atoms with Gasteiger partial charge in [-0.15, -0.1) is 0 Å². The summed E-state index contributed by atoms with van der Waals surface area (Å²) in [6, 6.07) is 0. The summed E-state index contributed by atoms with van der Waals surface area (Å²) in [5.41, 5.74) is 0. The standard InChI is InChI=1S/C56H90O6/c1-4-7-10-13-16-19-22-25-27-29-31-34-37-40-43-46-49-55(58)61-52-53(51-60-54(57)48-45-42-39-36-33-30-24-21-18-15-12-9-6-3)62-56(59)50-47-44-41-38-35-32-28-26-23-20-17-14-11-8-5-2/h7,9-10,12,15-16,18-21,23-25,27,31,34,40,43,53H,4-6,8,11,13-14,17,22,26,28-30,32-33,35-39,41-42,44-52H2,1-3H3/b10-7+,12-9+,18-15+,19-16+,23-20+,24-21+,27-25+,34-31+,43-40+. The van der Waals surface area contributed by atoms with Gasteiger partial charge in [0.1, 0.15) is 13.2 Å². The third kappa shape index (κ3) is 47.1. The molecular weight excluding hydrogens is 769 g/mol. The molecule has 0 aromatic carbocycles. The SMILES string of the molecule is CC/C=C/C=C/C=C/CCCCCCCC(=O)OCC(COC(=O)CC/C=C/C/C=C/C/C=C/C/C=C/C/C=C/CC)OC(=O)CCCCCCCCC/C=C/CCCCCC. The van der Waals surface area contributed by atoms with Gasteiger partial charge in [-0.1, -0.05) is 201 Å². The first-order chi connectivity index (χ1) is 30.5. The predicted molar refractivity (Wildman–Crippen MR) is 265 cm³/mol. The zero-order valence-corrected chi connectivity index (χ0v) is 39.8. The van der Waals surface area contributed by atoms with Crippen LogP contribution in [0.5, 0.6) is 0 Å². The normalized spacial score (nSPS) is 13.0. The van der Waals surface area contributed by atoms with Crippen molar-refractivity contribution in [3.8, 4) is 0 Å². The molecule has 0 aliphatic rings. The number of ether oxygens (including phenoxy) is 3. The second kappa shape index (κ2) is 49.7. The molecule has 0 heterocycles. The van der Waals surface area contributed by atoms with Crippen molar-refractivity contribution in [1.82, 2.24) is 0 Å². The van der Waals surface area contributed by atoms with Crippen molar-refractivity contribution in [2.24, 2.45) is 0 Å². The van der Waals surface area contributed by atoms with Crippen molar-refractivity contribution in [3.05, 3.63) is 109 Å². The van der Waals surface area contributed by atoms with E-state index >= 15 is 0 Å². The molecule has 0 N–H and O–H groups in total. The fourth-order valence-corrected chi connectivity index (χ4v) is 6.37. The number of esters is 3. The van der Waals surface area contributed by atoms with Crippen LogP contribution in [-0.4, -0.2) is 37.2 Å². The monoisotopic (exact) mass is 859 g/mol. The van der Waals surface area contributed by atoms with Crippen molar-refractivity contribution in [3.63, 3.8) is 0 Å². The zero-order chi connectivity index (χ0) is 45.1. The molecule has 1 unspecified atom stereocenters. The third-order valence-electron chi connectivity index (χ3n) is 10.1. The van der Waals surface area contributed by atoms with E-state index in [4.69, 9.17) is 14.2 Å². The Bertz CT molecular complexity index is 1310. The van der Waals surface area contributed by atoms with Gasteiger partial charge in [0.25, 0.3) is 0 Å². The Kier molecular flexibility index (Phi) is 46.6. The smallest absolute Gasteiger partial charge is 0.306 e. The molecule has 0 radical (unpaired) electrons. The summed E-state index contributed by atoms with van der Waals surface area (Å²) in [6.07, 6.45) is 66.5. The summed E-state index contributed by atoms with van der Waals surface area (Å²) < 4.78 is 16.7. The van der Waals surface area contributed by atoms with Crippen LogP contribution in [0.3, 0.4) is 0 Å². The highest BCUT2D eigenvalue weighted by molar-refractivity contribution is 5.71. The molecule has 0 fully saturated rings. The fourth-order valence-electron chi connectivity index (χ4n) is 6.37. The summed E-state index contributed by atoms with van der Waals surface area (Å²) in [7, 11) is 0. The Morgan fingerprint density at radius 3 is 1.26 bits per heavy atom. The molecular formula is C56H90O6. The van der Waals surface area contributed by atoms with Crippen molar-refractivity contribution in [2.45, 2.75) is 213 Å². The van der Waals surface area contributed by atoms with Gasteiger partial charge in [0, 0.05) is 19.3 Å². The van der Waals surface area contributed by atoms with Gasteiger partial charge in [0.2, 0.25) is 0 Å². The predicted octanol–water partition coefficient (Wildman–Crippen LogP) is 16.4. The van der Waals surface area contributed by atoms with Crippen molar-refractivity contribution in [2.75, 3.05) is 13.2 Å². The number of carbonyl (C=O) groups excluding carboxylic acids is 3. The number of allylic oxidation sites excluding steroid dienone is 18. The van der Waals surface area contributed by atoms with E-state index in [-0.39, 0.29) is 37.5 Å². The quantitative estimate of drug-likeness (QED) is 0.0200. The van der Waals surface area contributed by atoms with Crippen LogP contribution in [0.1, 0.15) is 207 Å². The molecule has 0 aromatic heterocycles. The third-order valence-corrected chi connectivity index (χ3v) is 10.1. The van der Waals surface area contributed by atoms with Crippen molar-refractivity contribution < 1.29 is 28.6 Å². The van der Waals surface area contributed by atoms with Crippen LogP contribution in [0.2, 0.25) is 0 Å². The molecule has 0 aromatic rings. The summed E-state index contributed by atoms with van der Waals surface area (Å²) in [6.45, 7) is 6.27. The van der Waals surface area contributed by atoms with Gasteiger partial charge >= 0.3 is 17.9 Å². The lowest BCUT2D eigenvalue weighted by Gasteiger charge is -2.18. The van der Waals surface area contributed by atoms with E-state index in [0.717, 1.165) is 96.3 Å². The lowest BCUT2D eigenvalue weighted by atomic mass is 10.1. The van der Waals surface area contributed by atoms with E-state index in [1.54, 1.807) is 0 Å². The minimum atomic E-state index is -0.819. The van der Waals surface area contributed by atoms with Gasteiger partial charge in [-0.3, -0.25) is 14.4 Å². The lowest BCUT2D eigenvalue weighted by molar-refractivity contribution is -0.166. The van der Waals surface area contributed by atoms with Crippen LogP contribution in [0.4, 0.5) is 0 Å². The maximum atomic E-state index is 12.8. The first-order valence-electron chi connectivity index (χ1n) is 24.9. The minimum Gasteiger partial charge on any atom is -0.462 e. The molecule has 0 saturated carbocycles. The molecule has 0 aliphatic carbocycles. The molecule has 0 saturated heterocycles. The number of hydrogen-bond donors (Lipinski definition) is 0. The molecule has 0 amide bonds. The first-order valence-corrected chi connectivity index (χ1v) is 24.9. The van der Waals surface area contributed by atoms with Gasteiger partial charge in [-0.05, 0) is 96.3 Å². The van der Waals surface area contributed by atoms with Gasteiger partial charge in [-0.25, -0.2) is 0 Å². The topological polar surface area (TPSA) is 78.9 Å².